The van der Waals surface area contributed by atoms with Crippen molar-refractivity contribution in [2.75, 3.05) is 19.8 Å². The SMILES string of the molecule is Cl.c1ccc2c(c1)ncn2-c1ccc(CNC2CCCC2C2COCCN2)cc1. The van der Waals surface area contributed by atoms with E-state index in [-0.39, 0.29) is 12.4 Å². The quantitative estimate of drug-likeness (QED) is 0.671. The Morgan fingerprint density at radius 2 is 1.97 bits per heavy atom. The Hall–Kier alpha value is -1.92. The molecule has 154 valence electrons. The van der Waals surface area contributed by atoms with Crippen LogP contribution in [0.25, 0.3) is 16.7 Å². The molecule has 5 nitrogen and oxygen atoms in total. The molecule has 0 amide bonds. The van der Waals surface area contributed by atoms with Gasteiger partial charge in [0.05, 0.1) is 24.2 Å². The first-order valence-corrected chi connectivity index (χ1v) is 10.4. The van der Waals surface area contributed by atoms with Gasteiger partial charge in [-0.25, -0.2) is 4.98 Å². The van der Waals surface area contributed by atoms with Gasteiger partial charge in [-0.15, -0.1) is 12.4 Å². The Morgan fingerprint density at radius 3 is 2.79 bits per heavy atom. The van der Waals surface area contributed by atoms with Gasteiger partial charge in [0.1, 0.15) is 6.33 Å². The molecular formula is C23H29ClN4O. The Bertz CT molecular complexity index is 920. The summed E-state index contributed by atoms with van der Waals surface area (Å²) in [4.78, 5) is 4.49. The summed E-state index contributed by atoms with van der Waals surface area (Å²) in [5.74, 6) is 0.678. The van der Waals surface area contributed by atoms with Crippen LogP contribution in [0, 0.1) is 5.92 Å². The highest BCUT2D eigenvalue weighted by atomic mass is 35.5. The van der Waals surface area contributed by atoms with Gasteiger partial charge >= 0.3 is 0 Å². The summed E-state index contributed by atoms with van der Waals surface area (Å²) in [6.45, 7) is 3.61. The molecule has 1 aliphatic carbocycles. The molecular weight excluding hydrogens is 384 g/mol. The maximum atomic E-state index is 5.69. The third-order valence-corrected chi connectivity index (χ3v) is 6.27. The molecule has 3 aromatic rings. The van der Waals surface area contributed by atoms with Gasteiger partial charge < -0.3 is 15.4 Å². The van der Waals surface area contributed by atoms with E-state index in [9.17, 15) is 0 Å². The van der Waals surface area contributed by atoms with E-state index in [0.29, 0.717) is 18.0 Å². The third kappa shape index (κ3) is 4.33. The molecule has 6 heteroatoms. The second-order valence-corrected chi connectivity index (χ2v) is 7.99. The van der Waals surface area contributed by atoms with E-state index < -0.39 is 0 Å². The number of rotatable bonds is 5. The number of imidazole rings is 1. The van der Waals surface area contributed by atoms with Gasteiger partial charge in [0.15, 0.2) is 0 Å². The first-order chi connectivity index (χ1) is 13.9. The van der Waals surface area contributed by atoms with Gasteiger partial charge in [-0.2, -0.15) is 0 Å². The number of benzene rings is 2. The minimum atomic E-state index is 0. The summed E-state index contributed by atoms with van der Waals surface area (Å²) < 4.78 is 7.83. The predicted octanol–water partition coefficient (Wildman–Crippen LogP) is 3.69. The normalized spacial score (nSPS) is 24.5. The molecule has 5 rings (SSSR count). The number of halogens is 1. The number of hydrogen-bond acceptors (Lipinski definition) is 4. The molecule has 2 fully saturated rings. The number of hydrogen-bond donors (Lipinski definition) is 2. The number of para-hydroxylation sites is 2. The fraction of sp³-hybridized carbons (Fsp3) is 0.435. The Labute approximate surface area is 178 Å². The molecule has 2 N–H and O–H groups in total. The summed E-state index contributed by atoms with van der Waals surface area (Å²) in [7, 11) is 0. The van der Waals surface area contributed by atoms with Crippen molar-refractivity contribution >= 4 is 23.4 Å². The Kier molecular flexibility index (Phi) is 6.50. The van der Waals surface area contributed by atoms with Crippen LogP contribution in [0.15, 0.2) is 54.9 Å². The summed E-state index contributed by atoms with van der Waals surface area (Å²) in [5, 5.41) is 7.47. The number of fused-ring (bicyclic) bond motifs is 1. The second-order valence-electron chi connectivity index (χ2n) is 7.99. The van der Waals surface area contributed by atoms with Crippen LogP contribution in [0.4, 0.5) is 0 Å². The zero-order valence-electron chi connectivity index (χ0n) is 16.6. The van der Waals surface area contributed by atoms with Crippen molar-refractivity contribution in [3.63, 3.8) is 0 Å². The van der Waals surface area contributed by atoms with Crippen molar-refractivity contribution in [1.29, 1.82) is 0 Å². The van der Waals surface area contributed by atoms with Gasteiger partial charge in [-0.05, 0) is 48.6 Å². The van der Waals surface area contributed by atoms with Crippen LogP contribution in [0.2, 0.25) is 0 Å². The lowest BCUT2D eigenvalue weighted by Crippen LogP contribution is -2.50. The van der Waals surface area contributed by atoms with Crippen molar-refractivity contribution in [2.45, 2.75) is 37.9 Å². The number of aromatic nitrogens is 2. The van der Waals surface area contributed by atoms with E-state index in [0.717, 1.165) is 43.0 Å². The lowest BCUT2D eigenvalue weighted by Gasteiger charge is -2.33. The highest BCUT2D eigenvalue weighted by Gasteiger charge is 2.34. The van der Waals surface area contributed by atoms with Crippen LogP contribution >= 0.6 is 12.4 Å². The zero-order valence-corrected chi connectivity index (χ0v) is 17.4. The van der Waals surface area contributed by atoms with Gasteiger partial charge in [0.25, 0.3) is 0 Å². The van der Waals surface area contributed by atoms with E-state index in [1.54, 1.807) is 0 Å². The van der Waals surface area contributed by atoms with E-state index >= 15 is 0 Å². The Balaban J connectivity index is 0.00000205. The lowest BCUT2D eigenvalue weighted by molar-refractivity contribution is 0.0524. The molecule has 0 bridgehead atoms. The predicted molar refractivity (Wildman–Crippen MR) is 119 cm³/mol. The van der Waals surface area contributed by atoms with Crippen molar-refractivity contribution in [3.05, 3.63) is 60.4 Å². The molecule has 1 saturated carbocycles. The topological polar surface area (TPSA) is 51.1 Å². The molecule has 1 aliphatic heterocycles. The number of nitrogens with one attached hydrogen (secondary N) is 2. The molecule has 1 saturated heterocycles. The maximum Gasteiger partial charge on any atom is 0.100 e. The summed E-state index contributed by atoms with van der Waals surface area (Å²) >= 11 is 0. The van der Waals surface area contributed by atoms with Gasteiger partial charge in [0, 0.05) is 30.9 Å². The van der Waals surface area contributed by atoms with Gasteiger partial charge in [-0.3, -0.25) is 4.57 Å². The second kappa shape index (κ2) is 9.26. The number of nitrogens with zero attached hydrogens (tertiary/aromatic N) is 2. The molecule has 2 aliphatic rings. The van der Waals surface area contributed by atoms with Crippen molar-refractivity contribution < 1.29 is 4.74 Å². The van der Waals surface area contributed by atoms with Crippen LogP contribution in [-0.2, 0) is 11.3 Å². The molecule has 2 heterocycles. The first-order valence-electron chi connectivity index (χ1n) is 10.4. The van der Waals surface area contributed by atoms with Crippen LogP contribution < -0.4 is 10.6 Å². The van der Waals surface area contributed by atoms with Crippen LogP contribution in [0.3, 0.4) is 0 Å². The largest absolute Gasteiger partial charge is 0.379 e. The summed E-state index contributed by atoms with van der Waals surface area (Å²) in [5.41, 5.74) is 4.65. The lowest BCUT2D eigenvalue weighted by atomic mass is 9.94. The van der Waals surface area contributed by atoms with Crippen LogP contribution in [-0.4, -0.2) is 41.4 Å². The van der Waals surface area contributed by atoms with Crippen molar-refractivity contribution in [3.8, 4) is 5.69 Å². The van der Waals surface area contributed by atoms with Crippen molar-refractivity contribution in [1.82, 2.24) is 20.2 Å². The molecule has 2 aromatic carbocycles. The van der Waals surface area contributed by atoms with Gasteiger partial charge in [0.2, 0.25) is 0 Å². The first kappa shape index (κ1) is 20.4. The smallest absolute Gasteiger partial charge is 0.100 e. The number of ether oxygens (including phenoxy) is 1. The van der Waals surface area contributed by atoms with Crippen molar-refractivity contribution in [2.24, 2.45) is 5.92 Å². The monoisotopic (exact) mass is 412 g/mol. The summed E-state index contributed by atoms with van der Waals surface area (Å²) in [6.07, 6.45) is 5.78. The van der Waals surface area contributed by atoms with Crippen LogP contribution in [0.5, 0.6) is 0 Å². The van der Waals surface area contributed by atoms with E-state index in [4.69, 9.17) is 4.74 Å². The minimum absolute atomic E-state index is 0. The zero-order chi connectivity index (χ0) is 18.8. The van der Waals surface area contributed by atoms with E-state index in [1.165, 1.54) is 24.8 Å². The molecule has 3 unspecified atom stereocenters. The molecule has 29 heavy (non-hydrogen) atoms. The molecule has 0 radical (unpaired) electrons. The fourth-order valence-corrected chi connectivity index (χ4v) is 4.77. The molecule has 0 spiro atoms. The Morgan fingerprint density at radius 1 is 1.10 bits per heavy atom. The minimum Gasteiger partial charge on any atom is -0.379 e. The van der Waals surface area contributed by atoms with Gasteiger partial charge in [-0.1, -0.05) is 30.7 Å². The highest BCUT2D eigenvalue weighted by molar-refractivity contribution is 5.85. The average molecular weight is 413 g/mol. The molecule has 1 aromatic heterocycles. The van der Waals surface area contributed by atoms with Crippen LogP contribution in [0.1, 0.15) is 24.8 Å². The number of morpholine rings is 1. The highest BCUT2D eigenvalue weighted by Crippen LogP contribution is 2.29. The fourth-order valence-electron chi connectivity index (χ4n) is 4.77. The van der Waals surface area contributed by atoms with E-state index in [2.05, 4.69) is 56.6 Å². The standard InChI is InChI=1S/C23H28N4O.ClH/c1-2-7-23-21(5-1)26-16-27(23)18-10-8-17(9-11-18)14-25-20-6-3-4-19(20)22-15-28-13-12-24-22;/h1-2,5,7-11,16,19-20,22,24-25H,3-4,6,12-15H2;1H. The van der Waals surface area contributed by atoms with E-state index in [1.807, 2.05) is 18.5 Å². The molecule has 3 atom stereocenters. The third-order valence-electron chi connectivity index (χ3n) is 6.27. The summed E-state index contributed by atoms with van der Waals surface area (Å²) in [6, 6.07) is 18.2. The average Bonchev–Trinajstić information content (AvgIpc) is 3.40. The maximum absolute atomic E-state index is 5.69.